The van der Waals surface area contributed by atoms with Gasteiger partial charge in [-0.05, 0) is 30.5 Å². The Balaban J connectivity index is 2.41. The van der Waals surface area contributed by atoms with Gasteiger partial charge in [0.15, 0.2) is 0 Å². The van der Waals surface area contributed by atoms with Crippen molar-refractivity contribution in [3.63, 3.8) is 0 Å². The van der Waals surface area contributed by atoms with Gasteiger partial charge in [-0.25, -0.2) is 4.39 Å². The molecule has 0 fully saturated rings. The first-order chi connectivity index (χ1) is 8.29. The van der Waals surface area contributed by atoms with Gasteiger partial charge in [0, 0.05) is 6.61 Å². The van der Waals surface area contributed by atoms with Gasteiger partial charge in [-0.15, -0.1) is 11.6 Å². The Labute approximate surface area is 108 Å². The summed E-state index contributed by atoms with van der Waals surface area (Å²) in [5, 5.41) is -0.488. The molecule has 0 aliphatic carbocycles. The number of halogens is 5. The lowest BCUT2D eigenvalue weighted by molar-refractivity contribution is -0.174. The topological polar surface area (TPSA) is 9.23 Å². The lowest BCUT2D eigenvalue weighted by Crippen LogP contribution is -2.17. The molecule has 0 aromatic heterocycles. The summed E-state index contributed by atoms with van der Waals surface area (Å²) >= 11 is 6.00. The second-order valence-corrected chi connectivity index (χ2v) is 4.46. The Hall–Kier alpha value is -0.810. The Morgan fingerprint density at radius 2 is 2.00 bits per heavy atom. The molecular formula is C12H13ClF4O. The van der Waals surface area contributed by atoms with Crippen molar-refractivity contribution in [3.05, 3.63) is 35.1 Å². The van der Waals surface area contributed by atoms with Crippen molar-refractivity contribution in [2.75, 3.05) is 13.2 Å². The van der Waals surface area contributed by atoms with E-state index in [9.17, 15) is 17.6 Å². The minimum atomic E-state index is -4.33. The van der Waals surface area contributed by atoms with Crippen LogP contribution < -0.4 is 0 Å². The molecule has 0 saturated carbocycles. The van der Waals surface area contributed by atoms with Gasteiger partial charge in [0.1, 0.15) is 12.4 Å². The molecule has 0 N–H and O–H groups in total. The van der Waals surface area contributed by atoms with Gasteiger partial charge in [-0.3, -0.25) is 0 Å². The first kappa shape index (κ1) is 15.2. The van der Waals surface area contributed by atoms with E-state index >= 15 is 0 Å². The largest absolute Gasteiger partial charge is 0.411 e. The molecule has 0 saturated heterocycles. The molecule has 102 valence electrons. The molecule has 0 radical (unpaired) electrons. The third kappa shape index (κ3) is 5.23. The van der Waals surface area contributed by atoms with Gasteiger partial charge in [-0.2, -0.15) is 13.2 Å². The van der Waals surface area contributed by atoms with E-state index in [1.54, 1.807) is 13.0 Å². The molecule has 18 heavy (non-hydrogen) atoms. The van der Waals surface area contributed by atoms with Crippen molar-refractivity contribution >= 4 is 11.6 Å². The van der Waals surface area contributed by atoms with E-state index in [-0.39, 0.29) is 18.8 Å². The molecule has 0 spiro atoms. The van der Waals surface area contributed by atoms with E-state index in [0.717, 1.165) is 0 Å². The molecule has 6 heteroatoms. The second kappa shape index (κ2) is 6.38. The highest BCUT2D eigenvalue weighted by atomic mass is 35.5. The predicted octanol–water partition coefficient (Wildman–Crippen LogP) is 4.38. The van der Waals surface area contributed by atoms with Crippen LogP contribution in [0.5, 0.6) is 0 Å². The Kier molecular flexibility index (Phi) is 5.41. The number of rotatable bonds is 5. The van der Waals surface area contributed by atoms with E-state index in [4.69, 9.17) is 11.6 Å². The van der Waals surface area contributed by atoms with Crippen molar-refractivity contribution in [2.45, 2.75) is 24.9 Å². The van der Waals surface area contributed by atoms with Crippen LogP contribution in [0.3, 0.4) is 0 Å². The van der Waals surface area contributed by atoms with Crippen molar-refractivity contribution in [3.8, 4) is 0 Å². The summed E-state index contributed by atoms with van der Waals surface area (Å²) in [5.74, 6) is -0.337. The summed E-state index contributed by atoms with van der Waals surface area (Å²) in [6, 6.07) is 4.39. The van der Waals surface area contributed by atoms with Crippen molar-refractivity contribution in [1.29, 1.82) is 0 Å². The number of aryl methyl sites for hydroxylation is 1. The van der Waals surface area contributed by atoms with Crippen LogP contribution in [0.1, 0.15) is 22.9 Å². The zero-order chi connectivity index (χ0) is 13.8. The standard InChI is InChI=1S/C12H13ClF4O/c1-8-6-9(2-3-11(8)14)10(13)4-5-18-7-12(15,16)17/h2-3,6,10H,4-5,7H2,1H3. The molecule has 0 amide bonds. The quantitative estimate of drug-likeness (QED) is 0.443. The summed E-state index contributed by atoms with van der Waals surface area (Å²) < 4.78 is 52.9. The van der Waals surface area contributed by atoms with Crippen molar-refractivity contribution in [2.24, 2.45) is 0 Å². The zero-order valence-electron chi connectivity index (χ0n) is 9.73. The summed E-state index contributed by atoms with van der Waals surface area (Å²) in [5.41, 5.74) is 1.13. The first-order valence-electron chi connectivity index (χ1n) is 5.34. The number of ether oxygens (including phenoxy) is 1. The highest BCUT2D eigenvalue weighted by Gasteiger charge is 2.27. The molecule has 1 aromatic rings. The first-order valence-corrected chi connectivity index (χ1v) is 5.78. The number of alkyl halides is 4. The van der Waals surface area contributed by atoms with Gasteiger partial charge in [0.25, 0.3) is 0 Å². The summed E-state index contributed by atoms with van der Waals surface area (Å²) in [4.78, 5) is 0. The molecular weight excluding hydrogens is 272 g/mol. The highest BCUT2D eigenvalue weighted by Crippen LogP contribution is 2.26. The van der Waals surface area contributed by atoms with Crippen LogP contribution in [0.2, 0.25) is 0 Å². The third-order valence-electron chi connectivity index (χ3n) is 2.33. The van der Waals surface area contributed by atoms with Crippen LogP contribution in [0.4, 0.5) is 17.6 Å². The molecule has 0 heterocycles. The van der Waals surface area contributed by atoms with Crippen LogP contribution in [0, 0.1) is 12.7 Å². The Morgan fingerprint density at radius 3 is 2.56 bits per heavy atom. The van der Waals surface area contributed by atoms with E-state index in [1.165, 1.54) is 12.1 Å². The van der Waals surface area contributed by atoms with Crippen molar-refractivity contribution < 1.29 is 22.3 Å². The lowest BCUT2D eigenvalue weighted by Gasteiger charge is -2.12. The van der Waals surface area contributed by atoms with E-state index in [1.807, 2.05) is 0 Å². The lowest BCUT2D eigenvalue weighted by atomic mass is 10.1. The fourth-order valence-corrected chi connectivity index (χ4v) is 1.63. The summed E-state index contributed by atoms with van der Waals surface area (Å²) in [7, 11) is 0. The maximum Gasteiger partial charge on any atom is 0.411 e. The number of hydrogen-bond acceptors (Lipinski definition) is 1. The van der Waals surface area contributed by atoms with Crippen molar-refractivity contribution in [1.82, 2.24) is 0 Å². The van der Waals surface area contributed by atoms with Crippen LogP contribution in [0.15, 0.2) is 18.2 Å². The molecule has 0 aliphatic rings. The van der Waals surface area contributed by atoms with E-state index < -0.39 is 18.2 Å². The molecule has 1 unspecified atom stereocenters. The molecule has 1 rings (SSSR count). The zero-order valence-corrected chi connectivity index (χ0v) is 10.5. The van der Waals surface area contributed by atoms with Gasteiger partial charge < -0.3 is 4.74 Å². The Bertz CT molecular complexity index is 392. The average molecular weight is 285 g/mol. The van der Waals surface area contributed by atoms with Gasteiger partial charge in [0.05, 0.1) is 5.38 Å². The van der Waals surface area contributed by atoms with Crippen LogP contribution >= 0.6 is 11.6 Å². The molecule has 0 aliphatic heterocycles. The fraction of sp³-hybridized carbons (Fsp3) is 0.500. The second-order valence-electron chi connectivity index (χ2n) is 3.93. The number of hydrogen-bond donors (Lipinski definition) is 0. The summed E-state index contributed by atoms with van der Waals surface area (Å²) in [6.07, 6.45) is -4.09. The average Bonchev–Trinajstić information content (AvgIpc) is 2.26. The normalized spacial score (nSPS) is 13.7. The van der Waals surface area contributed by atoms with E-state index in [0.29, 0.717) is 11.1 Å². The SMILES string of the molecule is Cc1cc(C(Cl)CCOCC(F)(F)F)ccc1F. The monoisotopic (exact) mass is 284 g/mol. The minimum absolute atomic E-state index is 0.0932. The minimum Gasteiger partial charge on any atom is -0.372 e. The van der Waals surface area contributed by atoms with Crippen LogP contribution in [-0.2, 0) is 4.74 Å². The van der Waals surface area contributed by atoms with Crippen LogP contribution in [0.25, 0.3) is 0 Å². The third-order valence-corrected chi connectivity index (χ3v) is 2.80. The molecule has 1 atom stereocenters. The van der Waals surface area contributed by atoms with Gasteiger partial charge in [0.2, 0.25) is 0 Å². The maximum atomic E-state index is 13.0. The van der Waals surface area contributed by atoms with Gasteiger partial charge >= 0.3 is 6.18 Å². The smallest absolute Gasteiger partial charge is 0.372 e. The molecule has 1 nitrogen and oxygen atoms in total. The number of benzene rings is 1. The molecule has 0 bridgehead atoms. The fourth-order valence-electron chi connectivity index (χ4n) is 1.40. The van der Waals surface area contributed by atoms with Gasteiger partial charge in [-0.1, -0.05) is 12.1 Å². The Morgan fingerprint density at radius 1 is 1.33 bits per heavy atom. The van der Waals surface area contributed by atoms with E-state index in [2.05, 4.69) is 4.74 Å². The maximum absolute atomic E-state index is 13.0. The van der Waals surface area contributed by atoms with Crippen LogP contribution in [-0.4, -0.2) is 19.4 Å². The summed E-state index contributed by atoms with van der Waals surface area (Å²) in [6.45, 7) is 0.228. The predicted molar refractivity (Wildman–Crippen MR) is 61.2 cm³/mol. The highest BCUT2D eigenvalue weighted by molar-refractivity contribution is 6.20. The molecule has 1 aromatic carbocycles.